The fourth-order valence-corrected chi connectivity index (χ4v) is 3.78. The molecule has 2 atom stereocenters. The third kappa shape index (κ3) is 4.36. The first-order valence-corrected chi connectivity index (χ1v) is 8.58. The van der Waals surface area contributed by atoms with E-state index in [-0.39, 0.29) is 11.3 Å². The third-order valence-corrected chi connectivity index (χ3v) is 7.10. The van der Waals surface area contributed by atoms with Gasteiger partial charge in [-0.15, -0.1) is 0 Å². The Hall–Kier alpha value is -1.28. The van der Waals surface area contributed by atoms with Gasteiger partial charge in [0.1, 0.15) is 6.10 Å². The molecule has 0 N–H and O–H groups in total. The topological polar surface area (TPSA) is 105 Å². The molecule has 1 aromatic rings. The van der Waals surface area contributed by atoms with Crippen LogP contribution in [0.4, 0.5) is 5.69 Å². The van der Waals surface area contributed by atoms with Gasteiger partial charge in [0.15, 0.2) is 4.57 Å². The van der Waals surface area contributed by atoms with Gasteiger partial charge in [-0.3, -0.25) is 14.7 Å². The van der Waals surface area contributed by atoms with Crippen LogP contribution in [0.3, 0.4) is 0 Å². The summed E-state index contributed by atoms with van der Waals surface area (Å²) in [6, 6.07) is 4.95. The minimum absolute atomic E-state index is 0.133. The van der Waals surface area contributed by atoms with Crippen molar-refractivity contribution in [1.29, 1.82) is 0 Å². The Morgan fingerprint density at radius 3 is 2.18 bits per heavy atom. The summed E-state index contributed by atoms with van der Waals surface area (Å²) in [6.45, 7) is 1.52. The van der Waals surface area contributed by atoms with Crippen molar-refractivity contribution in [3.8, 4) is 0 Å². The predicted octanol–water partition coefficient (Wildman–Crippen LogP) is 3.35. The summed E-state index contributed by atoms with van der Waals surface area (Å²) < 4.78 is 26.1. The third-order valence-electron chi connectivity index (χ3n) is 2.81. The lowest BCUT2D eigenvalue weighted by atomic mass is 10.2. The highest BCUT2D eigenvalue weighted by Gasteiger charge is 2.38. The Bertz CT molecular complexity index is 584. The number of nitro benzene ring substituents is 1. The van der Waals surface area contributed by atoms with Gasteiger partial charge < -0.3 is 13.8 Å². The molecule has 10 heteroatoms. The predicted molar refractivity (Wildman–Crippen MR) is 82.3 cm³/mol. The van der Waals surface area contributed by atoms with Gasteiger partial charge >= 0.3 is 13.6 Å². The molecule has 8 nitrogen and oxygen atoms in total. The van der Waals surface area contributed by atoms with Crippen LogP contribution in [0, 0.1) is 10.1 Å². The molecule has 0 aliphatic rings. The van der Waals surface area contributed by atoms with Gasteiger partial charge in [-0.1, -0.05) is 15.9 Å². The average Bonchev–Trinajstić information content (AvgIpc) is 2.53. The second kappa shape index (κ2) is 7.82. The van der Waals surface area contributed by atoms with E-state index in [1.54, 1.807) is 0 Å². The van der Waals surface area contributed by atoms with Crippen LogP contribution in [0.15, 0.2) is 24.3 Å². The van der Waals surface area contributed by atoms with Crippen LogP contribution in [0.2, 0.25) is 0 Å². The molecular formula is C12H15BrNO7P. The van der Waals surface area contributed by atoms with Crippen LogP contribution in [-0.2, 0) is 18.3 Å². The van der Waals surface area contributed by atoms with Gasteiger partial charge in [-0.05, 0) is 19.1 Å². The number of hydrogen-bond donors (Lipinski definition) is 0. The van der Waals surface area contributed by atoms with E-state index in [0.29, 0.717) is 0 Å². The number of alkyl halides is 1. The highest BCUT2D eigenvalue weighted by Crippen LogP contribution is 2.55. The van der Waals surface area contributed by atoms with Crippen molar-refractivity contribution in [1.82, 2.24) is 0 Å². The van der Waals surface area contributed by atoms with Crippen LogP contribution in [0.1, 0.15) is 17.3 Å². The first kappa shape index (κ1) is 18.8. The molecule has 0 bridgehead atoms. The van der Waals surface area contributed by atoms with Crippen LogP contribution in [0.5, 0.6) is 0 Å². The Morgan fingerprint density at radius 1 is 1.27 bits per heavy atom. The Labute approximate surface area is 135 Å². The maximum Gasteiger partial charge on any atom is 0.347 e. The number of non-ortho nitro benzene ring substituents is 1. The quantitative estimate of drug-likeness (QED) is 0.229. The van der Waals surface area contributed by atoms with Crippen LogP contribution < -0.4 is 0 Å². The summed E-state index contributed by atoms with van der Waals surface area (Å²) in [5.74, 6) is -0.703. The molecule has 0 saturated carbocycles. The van der Waals surface area contributed by atoms with E-state index < -0.39 is 29.2 Å². The van der Waals surface area contributed by atoms with Gasteiger partial charge in [-0.25, -0.2) is 4.79 Å². The maximum atomic E-state index is 12.2. The van der Waals surface area contributed by atoms with Crippen LogP contribution in [-0.4, -0.2) is 35.8 Å². The molecule has 122 valence electrons. The monoisotopic (exact) mass is 395 g/mol. The van der Waals surface area contributed by atoms with E-state index in [0.717, 1.165) is 0 Å². The SMILES string of the molecule is COP(=O)(OC)[C@H](Br)[C@H](C)OC(=O)c1ccc([N+](=O)[O-])cc1. The number of halogens is 1. The minimum atomic E-state index is -3.45. The van der Waals surface area contributed by atoms with Crippen molar-refractivity contribution in [3.05, 3.63) is 39.9 Å². The molecular weight excluding hydrogens is 381 g/mol. The number of rotatable bonds is 7. The molecule has 0 amide bonds. The van der Waals surface area contributed by atoms with Gasteiger partial charge in [-0.2, -0.15) is 0 Å². The second-order valence-corrected chi connectivity index (χ2v) is 8.25. The first-order valence-electron chi connectivity index (χ1n) is 6.06. The van der Waals surface area contributed by atoms with E-state index >= 15 is 0 Å². The number of carbonyl (C=O) groups excluding carboxylic acids is 1. The summed E-state index contributed by atoms with van der Waals surface area (Å²) in [5.41, 5.74) is 0.00745. The Morgan fingerprint density at radius 2 is 1.77 bits per heavy atom. The number of ether oxygens (including phenoxy) is 1. The van der Waals surface area contributed by atoms with Gasteiger partial charge in [0.05, 0.1) is 10.5 Å². The standard InChI is InChI=1S/C12H15BrNO7P/c1-8(11(13)22(18,19-2)20-3)21-12(15)9-4-6-10(7-5-9)14(16)17/h4-8,11H,1-3H3/t8-,11-/m0/s1. The van der Waals surface area contributed by atoms with Crippen molar-refractivity contribution >= 4 is 35.2 Å². The zero-order valence-corrected chi connectivity index (χ0v) is 14.6. The average molecular weight is 396 g/mol. The molecule has 1 rings (SSSR count). The zero-order valence-electron chi connectivity index (χ0n) is 12.1. The summed E-state index contributed by atoms with van der Waals surface area (Å²) >= 11 is 3.14. The van der Waals surface area contributed by atoms with E-state index in [1.165, 1.54) is 45.4 Å². The van der Waals surface area contributed by atoms with Crippen LogP contribution >= 0.6 is 23.5 Å². The molecule has 0 aromatic heterocycles. The highest BCUT2D eigenvalue weighted by molar-refractivity contribution is 9.10. The van der Waals surface area contributed by atoms with E-state index in [2.05, 4.69) is 15.9 Å². The highest BCUT2D eigenvalue weighted by atomic mass is 79.9. The minimum Gasteiger partial charge on any atom is -0.457 e. The molecule has 1 aromatic carbocycles. The maximum absolute atomic E-state index is 12.2. The van der Waals surface area contributed by atoms with E-state index in [4.69, 9.17) is 13.8 Å². The second-order valence-electron chi connectivity index (χ2n) is 4.19. The van der Waals surface area contributed by atoms with Crippen molar-refractivity contribution < 1.29 is 28.1 Å². The summed E-state index contributed by atoms with van der Waals surface area (Å²) in [6.07, 6.45) is -0.812. The number of esters is 1. The Kier molecular flexibility index (Phi) is 6.67. The number of nitro groups is 1. The molecule has 0 aliphatic carbocycles. The zero-order chi connectivity index (χ0) is 16.9. The molecule has 0 aliphatic heterocycles. The van der Waals surface area contributed by atoms with Gasteiger partial charge in [0.25, 0.3) is 5.69 Å². The van der Waals surface area contributed by atoms with Crippen LogP contribution in [0.25, 0.3) is 0 Å². The first-order chi connectivity index (χ1) is 10.2. The largest absolute Gasteiger partial charge is 0.457 e. The van der Waals surface area contributed by atoms with Crippen molar-refractivity contribution in [3.63, 3.8) is 0 Å². The summed E-state index contributed by atoms with van der Waals surface area (Å²) in [5, 5.41) is 10.5. The smallest absolute Gasteiger partial charge is 0.347 e. The van der Waals surface area contributed by atoms with Crippen molar-refractivity contribution in [2.45, 2.75) is 17.6 Å². The lowest BCUT2D eigenvalue weighted by Crippen LogP contribution is -2.25. The summed E-state index contributed by atoms with van der Waals surface area (Å²) in [7, 11) is -0.996. The van der Waals surface area contributed by atoms with Crippen molar-refractivity contribution in [2.75, 3.05) is 14.2 Å². The Balaban J connectivity index is 2.79. The number of carbonyl (C=O) groups is 1. The molecule has 0 unspecified atom stereocenters. The summed E-state index contributed by atoms with van der Waals surface area (Å²) in [4.78, 5) is 21.9. The molecule has 0 fully saturated rings. The van der Waals surface area contributed by atoms with E-state index in [1.807, 2.05) is 0 Å². The molecule has 0 radical (unpaired) electrons. The van der Waals surface area contributed by atoms with Gasteiger partial charge in [0, 0.05) is 26.4 Å². The molecule has 0 spiro atoms. The van der Waals surface area contributed by atoms with Gasteiger partial charge in [0.2, 0.25) is 0 Å². The lowest BCUT2D eigenvalue weighted by molar-refractivity contribution is -0.384. The molecule has 0 heterocycles. The normalized spacial score (nSPS) is 14.2. The number of nitrogens with zero attached hydrogens (tertiary/aromatic N) is 1. The van der Waals surface area contributed by atoms with E-state index in [9.17, 15) is 19.5 Å². The fourth-order valence-electron chi connectivity index (χ4n) is 1.55. The molecule has 22 heavy (non-hydrogen) atoms. The lowest BCUT2D eigenvalue weighted by Gasteiger charge is -2.24. The fraction of sp³-hybridized carbons (Fsp3) is 0.417. The number of benzene rings is 1. The number of hydrogen-bond acceptors (Lipinski definition) is 7. The molecule has 0 saturated heterocycles. The van der Waals surface area contributed by atoms with Crippen molar-refractivity contribution in [2.24, 2.45) is 0 Å².